The molecule has 4 unspecified atom stereocenters. The van der Waals surface area contributed by atoms with Crippen LogP contribution in [-0.2, 0) is 14.4 Å². The number of hydrogen-bond donors (Lipinski definition) is 0. The first-order valence-corrected chi connectivity index (χ1v) is 9.68. The predicted molar refractivity (Wildman–Crippen MR) is 95.6 cm³/mol. The summed E-state index contributed by atoms with van der Waals surface area (Å²) in [5, 5.41) is 0. The first-order chi connectivity index (χ1) is 13.5. The van der Waals surface area contributed by atoms with Gasteiger partial charge in [0.1, 0.15) is 6.54 Å². The van der Waals surface area contributed by atoms with Crippen molar-refractivity contribution in [2.45, 2.75) is 6.42 Å². The highest BCUT2D eigenvalue weighted by atomic mass is 16.3. The van der Waals surface area contributed by atoms with Crippen LogP contribution in [0.25, 0.3) is 0 Å². The fraction of sp³-hybridized carbons (Fsp3) is 0.500. The molecule has 4 aliphatic rings. The molecule has 0 spiro atoms. The topological polar surface area (TPSA) is 91.1 Å². The first kappa shape index (κ1) is 17.2. The first-order valence-electron chi connectivity index (χ1n) is 9.68. The number of nitrogens with zero attached hydrogens (tertiary/aromatic N) is 3. The molecule has 8 nitrogen and oxygen atoms in total. The number of rotatable bonds is 3. The third kappa shape index (κ3) is 2.51. The number of furan rings is 1. The van der Waals surface area contributed by atoms with E-state index in [1.165, 1.54) is 6.26 Å². The molecule has 2 aliphatic heterocycles. The molecule has 146 valence electrons. The van der Waals surface area contributed by atoms with Crippen LogP contribution in [0.5, 0.6) is 0 Å². The average molecular weight is 383 g/mol. The molecule has 2 saturated heterocycles. The second-order valence-electron chi connectivity index (χ2n) is 7.91. The summed E-state index contributed by atoms with van der Waals surface area (Å²) < 4.78 is 5.14. The zero-order chi connectivity index (χ0) is 19.4. The van der Waals surface area contributed by atoms with Crippen LogP contribution >= 0.6 is 0 Å². The molecule has 0 N–H and O–H groups in total. The highest BCUT2D eigenvalue weighted by Crippen LogP contribution is 2.52. The lowest BCUT2D eigenvalue weighted by Crippen LogP contribution is -2.53. The van der Waals surface area contributed by atoms with Gasteiger partial charge in [-0.3, -0.25) is 24.1 Å². The van der Waals surface area contributed by atoms with Crippen molar-refractivity contribution in [2.75, 3.05) is 32.7 Å². The maximum absolute atomic E-state index is 12.7. The molecular formula is C20H21N3O5. The van der Waals surface area contributed by atoms with Gasteiger partial charge >= 0.3 is 0 Å². The maximum Gasteiger partial charge on any atom is 0.289 e. The molecule has 0 radical (unpaired) electrons. The van der Waals surface area contributed by atoms with Gasteiger partial charge in [0.15, 0.2) is 5.76 Å². The van der Waals surface area contributed by atoms with E-state index in [4.69, 9.17) is 4.42 Å². The smallest absolute Gasteiger partial charge is 0.289 e. The van der Waals surface area contributed by atoms with Gasteiger partial charge in [0, 0.05) is 26.2 Å². The van der Waals surface area contributed by atoms with E-state index in [1.54, 1.807) is 21.9 Å². The van der Waals surface area contributed by atoms with Gasteiger partial charge in [0.25, 0.3) is 5.91 Å². The Hall–Kier alpha value is -2.90. The Balaban J connectivity index is 1.19. The van der Waals surface area contributed by atoms with Crippen molar-refractivity contribution >= 4 is 23.6 Å². The summed E-state index contributed by atoms with van der Waals surface area (Å²) in [6.07, 6.45) is 6.41. The van der Waals surface area contributed by atoms with Crippen molar-refractivity contribution < 1.29 is 23.6 Å². The lowest BCUT2D eigenvalue weighted by Gasteiger charge is -2.35. The number of allylic oxidation sites excluding steroid dienone is 2. The molecule has 1 aromatic rings. The van der Waals surface area contributed by atoms with Crippen LogP contribution in [0.2, 0.25) is 0 Å². The molecule has 28 heavy (non-hydrogen) atoms. The third-order valence-electron chi connectivity index (χ3n) is 6.51. The van der Waals surface area contributed by atoms with Crippen LogP contribution in [0.15, 0.2) is 35.0 Å². The van der Waals surface area contributed by atoms with Crippen molar-refractivity contribution in [3.8, 4) is 0 Å². The lowest BCUT2D eigenvalue weighted by molar-refractivity contribution is -0.147. The van der Waals surface area contributed by atoms with Crippen LogP contribution < -0.4 is 0 Å². The standard InChI is InChI=1S/C20H21N3O5/c24-15(21-5-7-22(8-6-21)18(25)14-2-1-9-28-14)11-23-19(26)16-12-3-4-13(10-12)17(16)20(23)27/h1-4,9,12-13,16-17H,5-8,10-11H2. The van der Waals surface area contributed by atoms with Crippen molar-refractivity contribution in [2.24, 2.45) is 23.7 Å². The van der Waals surface area contributed by atoms with Gasteiger partial charge in [0.05, 0.1) is 18.1 Å². The summed E-state index contributed by atoms with van der Waals surface area (Å²) in [5.74, 6) is -0.840. The normalized spacial score (nSPS) is 31.1. The molecule has 4 amide bonds. The number of amides is 4. The summed E-state index contributed by atoms with van der Waals surface area (Å²) >= 11 is 0. The summed E-state index contributed by atoms with van der Waals surface area (Å²) in [6.45, 7) is 1.34. The van der Waals surface area contributed by atoms with Gasteiger partial charge < -0.3 is 14.2 Å². The van der Waals surface area contributed by atoms with Gasteiger partial charge in [-0.25, -0.2) is 0 Å². The molecule has 2 bridgehead atoms. The highest BCUT2D eigenvalue weighted by Gasteiger charge is 2.59. The summed E-state index contributed by atoms with van der Waals surface area (Å²) in [5.41, 5.74) is 0. The Morgan fingerprint density at radius 2 is 1.57 bits per heavy atom. The second-order valence-corrected chi connectivity index (χ2v) is 7.91. The van der Waals surface area contributed by atoms with E-state index in [2.05, 4.69) is 0 Å². The van der Waals surface area contributed by atoms with E-state index in [9.17, 15) is 19.2 Å². The average Bonchev–Trinajstić information content (AvgIpc) is 3.49. The number of fused-ring (bicyclic) bond motifs is 5. The number of piperazine rings is 1. The van der Waals surface area contributed by atoms with Crippen molar-refractivity contribution in [1.82, 2.24) is 14.7 Å². The van der Waals surface area contributed by atoms with Crippen molar-refractivity contribution in [1.29, 1.82) is 0 Å². The minimum absolute atomic E-state index is 0.141. The Morgan fingerprint density at radius 3 is 2.14 bits per heavy atom. The minimum atomic E-state index is -0.280. The lowest BCUT2D eigenvalue weighted by atomic mass is 9.85. The van der Waals surface area contributed by atoms with E-state index in [-0.39, 0.29) is 59.6 Å². The predicted octanol–water partition coefficient (Wildman–Crippen LogP) is 0.371. The fourth-order valence-corrected chi connectivity index (χ4v) is 5.07. The SMILES string of the molecule is O=C(CN1C(=O)C2C3C=CC(C3)C2C1=O)N1CCN(C(=O)c2ccco2)CC1. The van der Waals surface area contributed by atoms with Crippen LogP contribution in [-0.4, -0.2) is 71.1 Å². The molecule has 1 saturated carbocycles. The molecule has 3 fully saturated rings. The minimum Gasteiger partial charge on any atom is -0.459 e. The monoisotopic (exact) mass is 383 g/mol. The number of imide groups is 1. The summed E-state index contributed by atoms with van der Waals surface area (Å²) in [4.78, 5) is 54.8. The van der Waals surface area contributed by atoms with Gasteiger partial charge in [0.2, 0.25) is 17.7 Å². The molecule has 0 aromatic carbocycles. The largest absolute Gasteiger partial charge is 0.459 e. The second kappa shape index (κ2) is 6.32. The van der Waals surface area contributed by atoms with E-state index in [1.807, 2.05) is 12.2 Å². The van der Waals surface area contributed by atoms with Crippen LogP contribution in [0.1, 0.15) is 17.0 Å². The van der Waals surface area contributed by atoms with Gasteiger partial charge in [-0.1, -0.05) is 12.2 Å². The van der Waals surface area contributed by atoms with Gasteiger partial charge in [-0.2, -0.15) is 0 Å². The quantitative estimate of drug-likeness (QED) is 0.556. The molecular weight excluding hydrogens is 362 g/mol. The van der Waals surface area contributed by atoms with Crippen molar-refractivity contribution in [3.05, 3.63) is 36.3 Å². The van der Waals surface area contributed by atoms with Gasteiger partial charge in [-0.15, -0.1) is 0 Å². The molecule has 2 aliphatic carbocycles. The van der Waals surface area contributed by atoms with E-state index >= 15 is 0 Å². The van der Waals surface area contributed by atoms with Crippen molar-refractivity contribution in [3.63, 3.8) is 0 Å². The summed E-state index contributed by atoms with van der Waals surface area (Å²) in [6, 6.07) is 3.28. The summed E-state index contributed by atoms with van der Waals surface area (Å²) in [7, 11) is 0. The van der Waals surface area contributed by atoms with Crippen LogP contribution in [0, 0.1) is 23.7 Å². The van der Waals surface area contributed by atoms with Crippen LogP contribution in [0.3, 0.4) is 0 Å². The fourth-order valence-electron chi connectivity index (χ4n) is 5.07. The number of likely N-dealkylation sites (tertiary alicyclic amines) is 1. The Morgan fingerprint density at radius 1 is 0.964 bits per heavy atom. The molecule has 4 atom stereocenters. The van der Waals surface area contributed by atoms with E-state index in [0.717, 1.165) is 11.3 Å². The number of hydrogen-bond acceptors (Lipinski definition) is 5. The zero-order valence-corrected chi connectivity index (χ0v) is 15.3. The van der Waals surface area contributed by atoms with Crippen LogP contribution in [0.4, 0.5) is 0 Å². The Kier molecular flexibility index (Phi) is 3.89. The van der Waals surface area contributed by atoms with Gasteiger partial charge in [-0.05, 0) is 30.4 Å². The number of carbonyl (C=O) groups is 4. The third-order valence-corrected chi connectivity index (χ3v) is 6.51. The molecule has 8 heteroatoms. The molecule has 5 rings (SSSR count). The zero-order valence-electron chi connectivity index (χ0n) is 15.3. The Labute approximate surface area is 161 Å². The Bertz CT molecular complexity index is 838. The van der Waals surface area contributed by atoms with E-state index in [0.29, 0.717) is 26.2 Å². The number of carbonyl (C=O) groups excluding carboxylic acids is 4. The molecule has 3 heterocycles. The molecule has 1 aromatic heterocycles. The van der Waals surface area contributed by atoms with E-state index < -0.39 is 0 Å². The highest BCUT2D eigenvalue weighted by molar-refractivity contribution is 6.08. The maximum atomic E-state index is 12.7.